The first-order chi connectivity index (χ1) is 10.9. The average Bonchev–Trinajstić information content (AvgIpc) is 2.83. The summed E-state index contributed by atoms with van der Waals surface area (Å²) in [5.74, 6) is 1.74. The highest BCUT2D eigenvalue weighted by atomic mass is 35.5. The topological polar surface area (TPSA) is 35.0 Å². The highest BCUT2D eigenvalue weighted by Gasteiger charge is 2.30. The molecule has 3 heterocycles. The number of halogens is 1. The fraction of sp³-hybridized carbons (Fsp3) is 0.529. The van der Waals surface area contributed by atoms with Gasteiger partial charge in [-0.2, -0.15) is 0 Å². The number of thioether (sulfide) groups is 1. The molecule has 1 aliphatic heterocycles. The molecule has 124 valence electrons. The van der Waals surface area contributed by atoms with Gasteiger partial charge in [0, 0.05) is 33.9 Å². The van der Waals surface area contributed by atoms with Crippen molar-refractivity contribution >= 4 is 44.9 Å². The predicted molar refractivity (Wildman–Crippen MR) is 99.7 cm³/mol. The number of fused-ring (bicyclic) bond motifs is 3. The van der Waals surface area contributed by atoms with Crippen LogP contribution in [0.25, 0.3) is 10.2 Å². The van der Waals surface area contributed by atoms with E-state index in [1.54, 1.807) is 23.1 Å². The molecule has 23 heavy (non-hydrogen) atoms. The summed E-state index contributed by atoms with van der Waals surface area (Å²) in [4.78, 5) is 11.9. The summed E-state index contributed by atoms with van der Waals surface area (Å²) in [5, 5.41) is 3.13. The van der Waals surface area contributed by atoms with Gasteiger partial charge in [0.1, 0.15) is 15.7 Å². The van der Waals surface area contributed by atoms with Gasteiger partial charge in [0.25, 0.3) is 0 Å². The van der Waals surface area contributed by atoms with Crippen LogP contribution in [0, 0.1) is 0 Å². The smallest absolute Gasteiger partial charge is 0.131 e. The molecule has 1 aliphatic rings. The molecule has 2 aromatic rings. The summed E-state index contributed by atoms with van der Waals surface area (Å²) in [6.45, 7) is 8.97. The van der Waals surface area contributed by atoms with Gasteiger partial charge in [0.2, 0.25) is 0 Å². The molecule has 0 saturated heterocycles. The molecule has 0 spiro atoms. The van der Waals surface area contributed by atoms with Gasteiger partial charge >= 0.3 is 0 Å². The first kappa shape index (κ1) is 17.2. The number of hydrogen-bond donors (Lipinski definition) is 0. The Labute approximate surface area is 150 Å². The fourth-order valence-corrected chi connectivity index (χ4v) is 5.03. The largest absolute Gasteiger partial charge is 0.370 e. The molecular weight excluding hydrogens is 348 g/mol. The third kappa shape index (κ3) is 3.73. The standard InChI is InChI=1S/C17H21ClN2OS2/c1-5-13-19-15(22-7-6-10(2)18)14-11-8-17(3,4)21-9-12(11)23-16(14)20-13/h6H,5,7-9H2,1-4H3/b10-6+. The van der Waals surface area contributed by atoms with Crippen molar-refractivity contribution in [2.24, 2.45) is 0 Å². The third-order valence-electron chi connectivity index (χ3n) is 3.84. The number of thiophene rings is 1. The van der Waals surface area contributed by atoms with Crippen LogP contribution in [-0.2, 0) is 24.2 Å². The molecular formula is C17H21ClN2OS2. The SMILES string of the molecule is CCc1nc(SC/C=C(\C)Cl)c2c3c(sc2n1)COC(C)(C)C3. The average molecular weight is 369 g/mol. The lowest BCUT2D eigenvalue weighted by Gasteiger charge is -2.30. The minimum Gasteiger partial charge on any atom is -0.370 e. The van der Waals surface area contributed by atoms with Crippen molar-refractivity contribution in [2.75, 3.05) is 5.75 Å². The second kappa shape index (κ2) is 6.71. The van der Waals surface area contributed by atoms with E-state index in [1.807, 2.05) is 13.0 Å². The molecule has 0 aliphatic carbocycles. The van der Waals surface area contributed by atoms with Crippen molar-refractivity contribution in [1.29, 1.82) is 0 Å². The fourth-order valence-electron chi connectivity index (χ4n) is 2.65. The van der Waals surface area contributed by atoms with Crippen LogP contribution in [0.1, 0.15) is 44.0 Å². The van der Waals surface area contributed by atoms with Gasteiger partial charge in [-0.1, -0.05) is 24.6 Å². The predicted octanol–water partition coefficient (Wildman–Crippen LogP) is 5.34. The van der Waals surface area contributed by atoms with Crippen LogP contribution in [0.4, 0.5) is 0 Å². The van der Waals surface area contributed by atoms with Crippen LogP contribution < -0.4 is 0 Å². The monoisotopic (exact) mass is 368 g/mol. The zero-order valence-corrected chi connectivity index (χ0v) is 16.3. The van der Waals surface area contributed by atoms with Crippen molar-refractivity contribution in [3.8, 4) is 0 Å². The summed E-state index contributed by atoms with van der Waals surface area (Å²) < 4.78 is 5.96. The first-order valence-electron chi connectivity index (χ1n) is 7.80. The van der Waals surface area contributed by atoms with Crippen molar-refractivity contribution in [3.05, 3.63) is 27.4 Å². The maximum Gasteiger partial charge on any atom is 0.131 e. The number of ether oxygens (including phenoxy) is 1. The van der Waals surface area contributed by atoms with Crippen molar-refractivity contribution in [3.63, 3.8) is 0 Å². The van der Waals surface area contributed by atoms with E-state index in [2.05, 4.69) is 20.8 Å². The van der Waals surface area contributed by atoms with Crippen LogP contribution in [0.2, 0.25) is 0 Å². The molecule has 0 saturated carbocycles. The Balaban J connectivity index is 2.09. The Bertz CT molecular complexity index is 764. The third-order valence-corrected chi connectivity index (χ3v) is 6.00. The normalized spacial score (nSPS) is 17.5. The number of nitrogens with zero attached hydrogens (tertiary/aromatic N) is 2. The quantitative estimate of drug-likeness (QED) is 0.539. The number of hydrogen-bond acceptors (Lipinski definition) is 5. The summed E-state index contributed by atoms with van der Waals surface area (Å²) >= 11 is 9.45. The maximum atomic E-state index is 5.96. The Morgan fingerprint density at radius 3 is 2.91 bits per heavy atom. The van der Waals surface area contributed by atoms with Crippen LogP contribution in [0.5, 0.6) is 0 Å². The van der Waals surface area contributed by atoms with E-state index in [0.717, 1.165) is 39.3 Å². The van der Waals surface area contributed by atoms with E-state index < -0.39 is 0 Å². The highest BCUT2D eigenvalue weighted by molar-refractivity contribution is 7.99. The Morgan fingerprint density at radius 2 is 2.22 bits per heavy atom. The number of rotatable bonds is 4. The second-order valence-electron chi connectivity index (χ2n) is 6.31. The molecule has 0 N–H and O–H groups in total. The van der Waals surface area contributed by atoms with Gasteiger partial charge in [-0.3, -0.25) is 0 Å². The minimum absolute atomic E-state index is 0.126. The molecule has 0 radical (unpaired) electrons. The molecule has 3 rings (SSSR count). The van der Waals surface area contributed by atoms with E-state index >= 15 is 0 Å². The molecule has 0 amide bonds. The van der Waals surface area contributed by atoms with E-state index in [4.69, 9.17) is 26.3 Å². The molecule has 3 nitrogen and oxygen atoms in total. The second-order valence-corrected chi connectivity index (χ2v) is 9.00. The summed E-state index contributed by atoms with van der Waals surface area (Å²) in [6, 6.07) is 0. The lowest BCUT2D eigenvalue weighted by molar-refractivity contribution is -0.0379. The van der Waals surface area contributed by atoms with Crippen molar-refractivity contribution < 1.29 is 4.74 Å². The van der Waals surface area contributed by atoms with Gasteiger partial charge in [-0.25, -0.2) is 9.97 Å². The van der Waals surface area contributed by atoms with Gasteiger partial charge in [0.05, 0.1) is 12.2 Å². The lowest BCUT2D eigenvalue weighted by Crippen LogP contribution is -2.31. The number of aromatic nitrogens is 2. The van der Waals surface area contributed by atoms with Gasteiger partial charge in [-0.15, -0.1) is 23.1 Å². The highest BCUT2D eigenvalue weighted by Crippen LogP contribution is 2.41. The first-order valence-corrected chi connectivity index (χ1v) is 9.98. The van der Waals surface area contributed by atoms with Gasteiger partial charge < -0.3 is 4.74 Å². The van der Waals surface area contributed by atoms with E-state index in [0.29, 0.717) is 6.61 Å². The molecule has 2 aromatic heterocycles. The maximum absolute atomic E-state index is 5.96. The van der Waals surface area contributed by atoms with Crippen LogP contribution >= 0.6 is 34.7 Å². The van der Waals surface area contributed by atoms with E-state index in [9.17, 15) is 0 Å². The van der Waals surface area contributed by atoms with E-state index in [1.165, 1.54) is 15.8 Å². The van der Waals surface area contributed by atoms with Crippen LogP contribution in [0.15, 0.2) is 16.1 Å². The Morgan fingerprint density at radius 1 is 1.43 bits per heavy atom. The lowest BCUT2D eigenvalue weighted by atomic mass is 9.95. The Hall–Kier alpha value is -0.620. The molecule has 0 fully saturated rings. The molecule has 0 atom stereocenters. The molecule has 0 unspecified atom stereocenters. The van der Waals surface area contributed by atoms with Crippen LogP contribution in [0.3, 0.4) is 0 Å². The van der Waals surface area contributed by atoms with E-state index in [-0.39, 0.29) is 5.60 Å². The number of aryl methyl sites for hydroxylation is 1. The summed E-state index contributed by atoms with van der Waals surface area (Å²) in [5.41, 5.74) is 1.25. The molecule has 0 bridgehead atoms. The molecule has 6 heteroatoms. The van der Waals surface area contributed by atoms with Crippen molar-refractivity contribution in [1.82, 2.24) is 9.97 Å². The van der Waals surface area contributed by atoms with Crippen molar-refractivity contribution in [2.45, 2.75) is 57.8 Å². The molecule has 0 aromatic carbocycles. The minimum atomic E-state index is -0.126. The zero-order chi connectivity index (χ0) is 16.6. The zero-order valence-electron chi connectivity index (χ0n) is 13.9. The van der Waals surface area contributed by atoms with Gasteiger partial charge in [0.15, 0.2) is 0 Å². The van der Waals surface area contributed by atoms with Crippen LogP contribution in [-0.4, -0.2) is 21.3 Å². The van der Waals surface area contributed by atoms with Gasteiger partial charge in [-0.05, 0) is 26.3 Å². The summed E-state index contributed by atoms with van der Waals surface area (Å²) in [6.07, 6.45) is 3.78. The Kier molecular flexibility index (Phi) is 5.02. The summed E-state index contributed by atoms with van der Waals surface area (Å²) in [7, 11) is 0. The number of allylic oxidation sites excluding steroid dienone is 1.